The first-order valence-electron chi connectivity index (χ1n) is 41.6. The Hall–Kier alpha value is -11.0. The maximum atomic E-state index is 2.75. The fourth-order valence-electron chi connectivity index (χ4n) is 16.2. The van der Waals surface area contributed by atoms with Crippen LogP contribution in [0.5, 0.6) is 0 Å². The minimum atomic E-state index is -1.90. The van der Waals surface area contributed by atoms with Gasteiger partial charge in [-0.2, -0.15) is 0 Å². The zero-order chi connectivity index (χ0) is 81.7. The first kappa shape index (κ1) is 81.8. The van der Waals surface area contributed by atoms with Gasteiger partial charge < -0.3 is 0 Å². The maximum absolute atomic E-state index is 2.75. The van der Waals surface area contributed by atoms with Crippen LogP contribution in [-0.4, -0.2) is 36.8 Å². The maximum Gasteiger partial charge on any atom is -0.00258 e. The Morgan fingerprint density at radius 3 is 0.689 bits per heavy atom. The second-order valence-corrected chi connectivity index (χ2v) is 62.6. The molecule has 23 aliphatic rings. The molecule has 16 bridgehead atoms. The van der Waals surface area contributed by atoms with Crippen molar-refractivity contribution in [1.82, 2.24) is 0 Å². The van der Waals surface area contributed by atoms with E-state index in [0.29, 0.717) is 0 Å². The van der Waals surface area contributed by atoms with E-state index in [1.807, 2.05) is 0 Å². The minimum absolute atomic E-state index is 0.923. The van der Waals surface area contributed by atoms with Gasteiger partial charge in [-0.1, -0.05) is 370 Å². The van der Waals surface area contributed by atoms with Crippen molar-refractivity contribution in [1.29, 1.82) is 0 Å². The molecular weight excluding hydrogens is 1780 g/mol. The van der Waals surface area contributed by atoms with E-state index in [1.54, 1.807) is 7.16 Å². The summed E-state index contributed by atoms with van der Waals surface area (Å²) in [6.45, 7) is 0. The van der Waals surface area contributed by atoms with Crippen molar-refractivity contribution in [3.8, 4) is 111 Å². The quantitative estimate of drug-likeness (QED) is 0.126. The number of rotatable bonds is 9. The zero-order valence-electron chi connectivity index (χ0n) is 68.7. The largest absolute Gasteiger partial charge is 0.0581 e. The van der Waals surface area contributed by atoms with Gasteiger partial charge in [0, 0.05) is 28.3 Å². The van der Waals surface area contributed by atoms with Gasteiger partial charge in [0.2, 0.25) is 0 Å². The predicted octanol–water partition coefficient (Wildman–Crippen LogP) is 31.7. The Bertz CT molecular complexity index is 5700. The van der Waals surface area contributed by atoms with Gasteiger partial charge >= 0.3 is 133 Å². The summed E-state index contributed by atoms with van der Waals surface area (Å²) < 4.78 is 3.20. The molecule has 0 amide bonds. The average Bonchev–Trinajstić information content (AvgIpc) is 1.03. The van der Waals surface area contributed by atoms with E-state index in [9.17, 15) is 0 Å². The smallest absolute Gasteiger partial charge is 0.00258 e. The van der Waals surface area contributed by atoms with Gasteiger partial charge in [0.05, 0.1) is 0 Å². The molecule has 0 saturated carbocycles. The molecule has 0 atom stereocenters. The summed E-state index contributed by atoms with van der Waals surface area (Å²) in [5.41, 5.74) is 38.2. The van der Waals surface area contributed by atoms with Gasteiger partial charge in [-0.3, -0.25) is 0 Å². The molecule has 0 fully saturated rings. The van der Waals surface area contributed by atoms with Crippen LogP contribution in [-0.2, 0) is 25.7 Å². The van der Waals surface area contributed by atoms with Crippen molar-refractivity contribution < 1.29 is 0 Å². The van der Waals surface area contributed by atoms with E-state index in [4.69, 9.17) is 0 Å². The number of fused-ring (bicyclic) bond motifs is 1. The van der Waals surface area contributed by atoms with Gasteiger partial charge in [0.25, 0.3) is 0 Å². The topological polar surface area (TPSA) is 0 Å². The van der Waals surface area contributed by atoms with Crippen LogP contribution < -0.4 is 7.16 Å². The van der Waals surface area contributed by atoms with Gasteiger partial charge in [-0.15, -0.1) is 0 Å². The summed E-state index contributed by atoms with van der Waals surface area (Å²) >= 11 is 1.69. The van der Waals surface area contributed by atoms with Crippen molar-refractivity contribution in [2.45, 2.75) is 61.7 Å². The molecule has 0 aliphatic heterocycles. The Labute approximate surface area is 729 Å². The Morgan fingerprint density at radius 2 is 0.429 bits per heavy atom. The molecular formula is C115H98Br2Sn2. The second kappa shape index (κ2) is 38.0. The molecule has 17 aromatic rings. The van der Waals surface area contributed by atoms with E-state index >= 15 is 0 Å². The monoisotopic (exact) mass is 1880 g/mol. The van der Waals surface area contributed by atoms with Crippen molar-refractivity contribution in [3.05, 3.63) is 475 Å². The summed E-state index contributed by atoms with van der Waals surface area (Å²) in [6.07, 6.45) is 11.4. The third kappa shape index (κ3) is 20.7. The van der Waals surface area contributed by atoms with Crippen LogP contribution in [0.25, 0.3) is 128 Å². The number of allylic oxidation sites excluding steroid dienone is 4. The van der Waals surface area contributed by atoms with Crippen molar-refractivity contribution in [2.75, 3.05) is 0 Å². The van der Waals surface area contributed by atoms with Crippen LogP contribution >= 0.6 is 28.3 Å². The number of halogens is 2. The van der Waals surface area contributed by atoms with Gasteiger partial charge in [-0.25, -0.2) is 0 Å². The van der Waals surface area contributed by atoms with Crippen LogP contribution in [0.4, 0.5) is 0 Å². The molecule has 0 radical (unpaired) electrons. The molecule has 0 aromatic heterocycles. The summed E-state index contributed by atoms with van der Waals surface area (Å²) in [5, 5.41) is 2.52. The molecule has 4 heteroatoms. The van der Waals surface area contributed by atoms with E-state index < -0.39 is 36.8 Å². The fourth-order valence-corrected chi connectivity index (χ4v) is 22.9. The third-order valence-electron chi connectivity index (χ3n) is 23.4. The molecule has 0 spiro atoms. The molecule has 23 aliphatic carbocycles. The van der Waals surface area contributed by atoms with Crippen LogP contribution in [0, 0.1) is 0 Å². The third-order valence-corrected chi connectivity index (χ3v) is 35.2. The van der Waals surface area contributed by atoms with Crippen molar-refractivity contribution in [2.24, 2.45) is 0 Å². The molecule has 0 heterocycles. The normalized spacial score (nSPS) is 12.2. The summed E-state index contributed by atoms with van der Waals surface area (Å²) in [6, 6.07) is 151. The molecule has 0 nitrogen and oxygen atoms in total. The van der Waals surface area contributed by atoms with E-state index in [-0.39, 0.29) is 0 Å². The van der Waals surface area contributed by atoms with Gasteiger partial charge in [-0.05, 0) is 205 Å². The first-order chi connectivity index (χ1) is 58.1. The van der Waals surface area contributed by atoms with Gasteiger partial charge in [0.1, 0.15) is 0 Å². The second-order valence-electron chi connectivity index (χ2n) is 33.7. The molecule has 40 rings (SSSR count). The Kier molecular flexibility index (Phi) is 26.1. The molecule has 0 unspecified atom stereocenters. The van der Waals surface area contributed by atoms with E-state index in [1.165, 1.54) is 178 Å². The molecule has 119 heavy (non-hydrogen) atoms. The van der Waals surface area contributed by atoms with Gasteiger partial charge in [0.15, 0.2) is 0 Å². The number of benzene rings is 17. The Morgan fingerprint density at radius 1 is 0.202 bits per heavy atom. The van der Waals surface area contributed by atoms with E-state index in [0.717, 1.165) is 32.1 Å². The zero-order valence-corrected chi connectivity index (χ0v) is 77.6. The van der Waals surface area contributed by atoms with Crippen molar-refractivity contribution >= 4 is 88.5 Å². The van der Waals surface area contributed by atoms with Crippen LogP contribution in [0.2, 0.25) is 29.6 Å². The predicted molar refractivity (Wildman–Crippen MR) is 527 cm³/mol. The minimum Gasteiger partial charge on any atom is -0.0581 e. The number of hydrogen-bond donors (Lipinski definition) is 0. The molecule has 0 saturated heterocycles. The summed E-state index contributed by atoms with van der Waals surface area (Å²) in [5.74, 6) is 0. The standard InChI is InChI=1S/C52H40.C45H32.C12H8.6CH3.Br2.2Sn/c1-17-45-18-2-37(1)33-38-3-21-47(22-4-38)48-23-7-41(8-24-48)35-42-11-29-51(30-12-42)52-31-15-44(16-32-52)36-43-13-27-50(28-14-43)49-25-9-40(10-26-49)34-39-5-19-46(45)20-6-39;1-2-7-32(8-3-1)34-13-19-37(20-14-34)39-25-27-42(28-26-39)44-12-6-11-41-29-30-43(31-45(41)44)40-23-21-38(22-24-40)36-17-15-35(16-18-36)33-9-4-5-10-33;1-3-7-11(8-4-1)12-9-5-2-6-10-12;;;;;;;1-2;;/h1-32H,33-36H2;1-4,6-31H,5H2;3-10H;6*1H3;;;. The average molecular weight is 1880 g/mol. The first-order valence-corrected chi connectivity index (χ1v) is 65.3. The summed E-state index contributed by atoms with van der Waals surface area (Å²) in [7, 11) is 0. The number of hydrogen-bond acceptors (Lipinski definition) is 0. The SMILES string of the molecule is BrBr.C1=CC(c2ccc(-c3ccc(-c4ccc5cccc(-c6ccc(-c7ccc(-c8ccccc8)cc7)cc6)c5c4)cc3)cc2)=CC1.[CH3][Sn]([CH3])([CH3])[c]1ccc(-c2cc[c]([Sn]([CH3])([CH3])[CH3])cc2)cc1.c1cc2ccc1Cc1ccc(cc1)-c1ccc(cc1)Cc1ccc(cc1)-c1ccc(cc1)Cc1ccc(cc1)-c1ccc(cc1)Cc1ccc-2cc1. The van der Waals surface area contributed by atoms with Crippen LogP contribution in [0.15, 0.2) is 425 Å². The Balaban J connectivity index is 0.000000143. The molecule has 580 valence electrons. The summed E-state index contributed by atoms with van der Waals surface area (Å²) in [4.78, 5) is 14.8. The van der Waals surface area contributed by atoms with Crippen molar-refractivity contribution in [3.63, 3.8) is 0 Å². The molecule has 0 N–H and O–H groups in total. The van der Waals surface area contributed by atoms with E-state index in [2.05, 4.69) is 483 Å². The fraction of sp³-hybridized carbons (Fsp3) is 0.0957. The van der Waals surface area contributed by atoms with Crippen LogP contribution in [0.1, 0.15) is 56.5 Å². The van der Waals surface area contributed by atoms with Crippen LogP contribution in [0.3, 0.4) is 0 Å². The molecule has 17 aromatic carbocycles.